The van der Waals surface area contributed by atoms with E-state index in [1.165, 1.54) is 4.88 Å². The number of aliphatic hydroxyl groups excluding tert-OH is 1. The molecule has 5 heteroatoms. The molecule has 0 unspecified atom stereocenters. The predicted molar refractivity (Wildman–Crippen MR) is 63.5 cm³/mol. The quantitative estimate of drug-likeness (QED) is 0.885. The van der Waals surface area contributed by atoms with Crippen molar-refractivity contribution in [3.8, 4) is 0 Å². The summed E-state index contributed by atoms with van der Waals surface area (Å²) in [5.41, 5.74) is 1.70. The second-order valence-corrected chi connectivity index (χ2v) is 4.97. The van der Waals surface area contributed by atoms with Gasteiger partial charge in [0.2, 0.25) is 0 Å². The van der Waals surface area contributed by atoms with Gasteiger partial charge in [-0.15, -0.1) is 16.4 Å². The van der Waals surface area contributed by atoms with Gasteiger partial charge in [-0.1, -0.05) is 11.3 Å². The lowest BCUT2D eigenvalue weighted by Gasteiger charge is -2.09. The molecule has 0 aliphatic heterocycles. The molecule has 86 valence electrons. The first-order chi connectivity index (χ1) is 7.72. The van der Waals surface area contributed by atoms with E-state index < -0.39 is 0 Å². The lowest BCUT2D eigenvalue weighted by molar-refractivity contribution is 0.275. The minimum Gasteiger partial charge on any atom is -0.390 e. The monoisotopic (exact) mass is 237 g/mol. The lowest BCUT2D eigenvalue weighted by Crippen LogP contribution is -2.08. The smallest absolute Gasteiger partial charge is 0.112 e. The largest absolute Gasteiger partial charge is 0.390 e. The topological polar surface area (TPSA) is 50.9 Å². The van der Waals surface area contributed by atoms with Gasteiger partial charge in [-0.25, -0.2) is 4.68 Å². The van der Waals surface area contributed by atoms with Crippen molar-refractivity contribution in [2.75, 3.05) is 0 Å². The summed E-state index contributed by atoms with van der Waals surface area (Å²) in [7, 11) is 0. The van der Waals surface area contributed by atoms with Gasteiger partial charge in [0, 0.05) is 17.3 Å². The van der Waals surface area contributed by atoms with Crippen LogP contribution in [0.1, 0.15) is 36.2 Å². The fourth-order valence-electron chi connectivity index (χ4n) is 1.65. The fourth-order valence-corrected chi connectivity index (χ4v) is 2.35. The van der Waals surface area contributed by atoms with Crippen molar-refractivity contribution < 1.29 is 5.11 Å². The third-order valence-electron chi connectivity index (χ3n) is 2.43. The normalized spacial score (nSPS) is 11.2. The Bertz CT molecular complexity index is 448. The van der Waals surface area contributed by atoms with Crippen LogP contribution in [0.3, 0.4) is 0 Å². The van der Waals surface area contributed by atoms with Crippen molar-refractivity contribution in [3.63, 3.8) is 0 Å². The summed E-state index contributed by atoms with van der Waals surface area (Å²) in [6, 6.07) is 4.38. The van der Waals surface area contributed by atoms with Crippen LogP contribution < -0.4 is 0 Å². The van der Waals surface area contributed by atoms with E-state index in [1.807, 2.05) is 10.7 Å². The van der Waals surface area contributed by atoms with E-state index in [0.29, 0.717) is 5.69 Å². The highest BCUT2D eigenvalue weighted by molar-refractivity contribution is 7.09. The van der Waals surface area contributed by atoms with Gasteiger partial charge >= 0.3 is 0 Å². The average Bonchev–Trinajstić information content (AvgIpc) is 2.87. The molecule has 0 spiro atoms. The Morgan fingerprint density at radius 3 is 2.88 bits per heavy atom. The average molecular weight is 237 g/mol. The SMILES string of the molecule is CC(C)n1nnc(CO)c1Cc1cccs1. The van der Waals surface area contributed by atoms with Gasteiger partial charge in [-0.3, -0.25) is 0 Å². The molecule has 0 atom stereocenters. The lowest BCUT2D eigenvalue weighted by atomic mass is 10.2. The zero-order valence-electron chi connectivity index (χ0n) is 9.42. The highest BCUT2D eigenvalue weighted by Gasteiger charge is 2.14. The third-order valence-corrected chi connectivity index (χ3v) is 3.31. The molecular weight excluding hydrogens is 222 g/mol. The molecule has 0 aromatic carbocycles. The van der Waals surface area contributed by atoms with E-state index in [9.17, 15) is 5.11 Å². The van der Waals surface area contributed by atoms with Crippen molar-refractivity contribution >= 4 is 11.3 Å². The van der Waals surface area contributed by atoms with Gasteiger partial charge in [0.15, 0.2) is 0 Å². The van der Waals surface area contributed by atoms with Crippen molar-refractivity contribution in [2.24, 2.45) is 0 Å². The molecule has 2 rings (SSSR count). The number of hydrogen-bond acceptors (Lipinski definition) is 4. The van der Waals surface area contributed by atoms with E-state index in [0.717, 1.165) is 12.1 Å². The summed E-state index contributed by atoms with van der Waals surface area (Å²) in [4.78, 5) is 1.26. The van der Waals surface area contributed by atoms with Gasteiger partial charge in [-0.2, -0.15) is 0 Å². The fraction of sp³-hybridized carbons (Fsp3) is 0.455. The maximum absolute atomic E-state index is 9.23. The molecule has 16 heavy (non-hydrogen) atoms. The molecule has 0 saturated heterocycles. The number of aliphatic hydroxyl groups is 1. The van der Waals surface area contributed by atoms with Gasteiger partial charge in [0.25, 0.3) is 0 Å². The van der Waals surface area contributed by atoms with Crippen molar-refractivity contribution in [2.45, 2.75) is 32.9 Å². The Kier molecular flexibility index (Phi) is 3.36. The Morgan fingerprint density at radius 1 is 1.50 bits per heavy atom. The molecule has 0 aliphatic rings. The number of nitrogens with zero attached hydrogens (tertiary/aromatic N) is 3. The first kappa shape index (κ1) is 11.3. The summed E-state index contributed by atoms with van der Waals surface area (Å²) >= 11 is 1.71. The van der Waals surface area contributed by atoms with Crippen LogP contribution in [-0.2, 0) is 13.0 Å². The van der Waals surface area contributed by atoms with Crippen molar-refractivity contribution in [1.29, 1.82) is 0 Å². The van der Waals surface area contributed by atoms with E-state index in [1.54, 1.807) is 11.3 Å². The second kappa shape index (κ2) is 4.76. The molecule has 1 N–H and O–H groups in total. The molecule has 0 bridgehead atoms. The van der Waals surface area contributed by atoms with Crippen LogP contribution in [0.5, 0.6) is 0 Å². The van der Waals surface area contributed by atoms with Crippen LogP contribution in [0.15, 0.2) is 17.5 Å². The molecule has 0 amide bonds. The summed E-state index contributed by atoms with van der Waals surface area (Å²) in [6.07, 6.45) is 0.790. The van der Waals surface area contributed by atoms with Gasteiger partial charge < -0.3 is 5.11 Å². The molecule has 0 saturated carbocycles. The molecular formula is C11H15N3OS. The van der Waals surface area contributed by atoms with Gasteiger partial charge in [0.1, 0.15) is 5.69 Å². The van der Waals surface area contributed by atoms with Crippen LogP contribution in [0.4, 0.5) is 0 Å². The van der Waals surface area contributed by atoms with Crippen LogP contribution >= 0.6 is 11.3 Å². The van der Waals surface area contributed by atoms with E-state index in [-0.39, 0.29) is 12.6 Å². The maximum atomic E-state index is 9.23. The molecule has 0 fully saturated rings. The van der Waals surface area contributed by atoms with Crippen LogP contribution in [0.2, 0.25) is 0 Å². The van der Waals surface area contributed by atoms with E-state index >= 15 is 0 Å². The first-order valence-electron chi connectivity index (χ1n) is 5.28. The molecule has 2 aromatic rings. The number of thiophene rings is 1. The van der Waals surface area contributed by atoms with Crippen molar-refractivity contribution in [3.05, 3.63) is 33.8 Å². The number of rotatable bonds is 4. The molecule has 2 heterocycles. The Hall–Kier alpha value is -1.20. The van der Waals surface area contributed by atoms with Crippen LogP contribution in [0.25, 0.3) is 0 Å². The molecule has 0 aliphatic carbocycles. The van der Waals surface area contributed by atoms with Gasteiger partial charge in [0.05, 0.1) is 12.3 Å². The zero-order chi connectivity index (χ0) is 11.5. The van der Waals surface area contributed by atoms with Crippen LogP contribution in [0, 0.1) is 0 Å². The number of aromatic nitrogens is 3. The zero-order valence-corrected chi connectivity index (χ0v) is 10.2. The first-order valence-corrected chi connectivity index (χ1v) is 6.16. The summed E-state index contributed by atoms with van der Waals surface area (Å²) in [6.45, 7) is 4.08. The Balaban J connectivity index is 2.33. The van der Waals surface area contributed by atoms with Crippen molar-refractivity contribution in [1.82, 2.24) is 15.0 Å². The molecule has 4 nitrogen and oxygen atoms in total. The summed E-state index contributed by atoms with van der Waals surface area (Å²) in [5, 5.41) is 19.4. The molecule has 2 aromatic heterocycles. The maximum Gasteiger partial charge on any atom is 0.112 e. The Morgan fingerprint density at radius 2 is 2.31 bits per heavy atom. The van der Waals surface area contributed by atoms with Crippen LogP contribution in [-0.4, -0.2) is 20.1 Å². The van der Waals surface area contributed by atoms with Gasteiger partial charge in [-0.05, 0) is 25.3 Å². The third kappa shape index (κ3) is 2.15. The predicted octanol–water partition coefficient (Wildman–Crippen LogP) is 2.00. The number of hydrogen-bond donors (Lipinski definition) is 1. The second-order valence-electron chi connectivity index (χ2n) is 3.94. The Labute approximate surface area is 98.5 Å². The molecule has 0 radical (unpaired) electrons. The van der Waals surface area contributed by atoms with E-state index in [2.05, 4.69) is 35.6 Å². The van der Waals surface area contributed by atoms with E-state index in [4.69, 9.17) is 0 Å². The minimum absolute atomic E-state index is 0.0482. The summed E-state index contributed by atoms with van der Waals surface area (Å²) < 4.78 is 1.88. The highest BCUT2D eigenvalue weighted by Crippen LogP contribution is 2.19. The minimum atomic E-state index is -0.0482. The standard InChI is InChI=1S/C11H15N3OS/c1-8(2)14-11(10(7-15)12-13-14)6-9-4-3-5-16-9/h3-5,8,15H,6-7H2,1-2H3. The summed E-state index contributed by atoms with van der Waals surface area (Å²) in [5.74, 6) is 0. The highest BCUT2D eigenvalue weighted by atomic mass is 32.1.